The zero-order valence-corrected chi connectivity index (χ0v) is 25.3. The molecule has 0 saturated carbocycles. The third-order valence-electron chi connectivity index (χ3n) is 8.18. The molecule has 0 spiro atoms. The molecule has 11 nitrogen and oxygen atoms in total. The summed E-state index contributed by atoms with van der Waals surface area (Å²) < 4.78 is 16.8. The first-order chi connectivity index (χ1) is 20.3. The maximum atomic E-state index is 13.8. The zero-order valence-electron chi connectivity index (χ0n) is 25.3. The first-order valence-electron chi connectivity index (χ1n) is 14.9. The Labute approximate surface area is 248 Å². The highest BCUT2D eigenvalue weighted by Crippen LogP contribution is 2.47. The highest BCUT2D eigenvalue weighted by molar-refractivity contribution is 5.79. The number of ether oxygens (including phenoxy) is 3. The van der Waals surface area contributed by atoms with Crippen LogP contribution in [0.2, 0.25) is 0 Å². The Morgan fingerprint density at radius 1 is 1.10 bits per heavy atom. The number of carboxylic acid groups (broad SMARTS) is 1. The lowest BCUT2D eigenvalue weighted by Crippen LogP contribution is -2.45. The van der Waals surface area contributed by atoms with Gasteiger partial charge in [0.25, 0.3) is 0 Å². The van der Waals surface area contributed by atoms with Crippen molar-refractivity contribution in [2.45, 2.75) is 57.4 Å². The van der Waals surface area contributed by atoms with Crippen molar-refractivity contribution in [3.8, 4) is 17.2 Å². The highest BCUT2D eigenvalue weighted by atomic mass is 16.7. The number of carbonyl (C=O) groups excluding carboxylic acids is 1. The van der Waals surface area contributed by atoms with Gasteiger partial charge in [0.2, 0.25) is 18.4 Å². The number of hydrogen-bond donors (Lipinski definition) is 1. The van der Waals surface area contributed by atoms with Crippen LogP contribution >= 0.6 is 0 Å². The van der Waals surface area contributed by atoms with E-state index in [4.69, 9.17) is 14.2 Å². The van der Waals surface area contributed by atoms with E-state index >= 15 is 0 Å². The number of unbranched alkanes of at least 4 members (excludes halogenated alkanes) is 2. The third-order valence-corrected chi connectivity index (χ3v) is 8.18. The molecule has 2 aliphatic rings. The molecule has 2 aliphatic heterocycles. The second-order valence-electron chi connectivity index (χ2n) is 11.4. The lowest BCUT2D eigenvalue weighted by Gasteiger charge is -2.30. The van der Waals surface area contributed by atoms with Crippen molar-refractivity contribution in [1.29, 1.82) is 0 Å². The molecule has 1 fully saturated rings. The molecule has 3 unspecified atom stereocenters. The van der Waals surface area contributed by atoms with Gasteiger partial charge in [0.05, 0.1) is 19.6 Å². The molecule has 11 heteroatoms. The summed E-state index contributed by atoms with van der Waals surface area (Å²) in [6.45, 7) is 5.19. The smallest absolute Gasteiger partial charge is 0.308 e. The van der Waals surface area contributed by atoms with Gasteiger partial charge in [-0.15, -0.1) is 0 Å². The van der Waals surface area contributed by atoms with E-state index in [-0.39, 0.29) is 31.2 Å². The summed E-state index contributed by atoms with van der Waals surface area (Å²) >= 11 is 0. The molecular formula is C31H45N5O6. The second-order valence-corrected chi connectivity index (χ2v) is 11.4. The summed E-state index contributed by atoms with van der Waals surface area (Å²) in [5.41, 5.74) is 0.797. The Balaban J connectivity index is 1.59. The quantitative estimate of drug-likeness (QED) is 0.295. The van der Waals surface area contributed by atoms with Crippen molar-refractivity contribution in [1.82, 2.24) is 24.7 Å². The number of benzene rings is 1. The summed E-state index contributed by atoms with van der Waals surface area (Å²) in [5, 5.41) is 10.6. The molecule has 42 heavy (non-hydrogen) atoms. The molecule has 0 radical (unpaired) electrons. The van der Waals surface area contributed by atoms with Gasteiger partial charge in [0.15, 0.2) is 11.5 Å². The SMILES string of the molecule is CCCCN(CCCCN(C)C)C(=O)CN1CC(c2cc(OC)c3c(c2)OCO3)C(C(=O)O)C1CCc1ncccn1. The van der Waals surface area contributed by atoms with E-state index in [1.165, 1.54) is 0 Å². The summed E-state index contributed by atoms with van der Waals surface area (Å²) in [6.07, 6.45) is 8.30. The standard InChI is InChI=1S/C31H45N5O6/c1-5-6-15-35(16-8-7-14-34(2)3)28(37)20-36-19-23(22-17-25(40-4)30-26(18-22)41-21-42-30)29(31(38)39)24(36)10-11-27-32-12-9-13-33-27/h9,12-13,17-18,23-24,29H,5-8,10-11,14-16,19-21H2,1-4H3,(H,38,39). The molecule has 3 heterocycles. The average molecular weight is 584 g/mol. The molecule has 0 aliphatic carbocycles. The number of likely N-dealkylation sites (tertiary alicyclic amines) is 1. The number of carboxylic acids is 1. The van der Waals surface area contributed by atoms with E-state index in [9.17, 15) is 14.7 Å². The molecule has 0 bridgehead atoms. The van der Waals surface area contributed by atoms with E-state index in [0.29, 0.717) is 55.5 Å². The number of aromatic nitrogens is 2. The normalized spacial score (nSPS) is 19.8. The fourth-order valence-corrected chi connectivity index (χ4v) is 6.00. The van der Waals surface area contributed by atoms with Gasteiger partial charge in [-0.3, -0.25) is 14.5 Å². The summed E-state index contributed by atoms with van der Waals surface area (Å²) in [4.78, 5) is 41.5. The third kappa shape index (κ3) is 7.89. The van der Waals surface area contributed by atoms with Crippen molar-refractivity contribution in [3.05, 3.63) is 42.0 Å². The van der Waals surface area contributed by atoms with Crippen LogP contribution in [0, 0.1) is 5.92 Å². The average Bonchev–Trinajstić information content (AvgIpc) is 3.60. The fraction of sp³-hybridized carbons (Fsp3) is 0.613. The number of aliphatic carboxylic acids is 1. The van der Waals surface area contributed by atoms with Crippen LogP contribution in [-0.2, 0) is 16.0 Å². The van der Waals surface area contributed by atoms with E-state index in [0.717, 1.165) is 37.8 Å². The van der Waals surface area contributed by atoms with E-state index in [2.05, 4.69) is 40.8 Å². The Bertz CT molecular complexity index is 1180. The number of methoxy groups -OCH3 is 1. The first kappa shape index (κ1) is 31.5. The van der Waals surface area contributed by atoms with Gasteiger partial charge in [-0.05, 0) is 70.1 Å². The van der Waals surface area contributed by atoms with Crippen molar-refractivity contribution in [3.63, 3.8) is 0 Å². The van der Waals surface area contributed by atoms with Crippen LogP contribution in [0.5, 0.6) is 17.2 Å². The lowest BCUT2D eigenvalue weighted by molar-refractivity contribution is -0.143. The van der Waals surface area contributed by atoms with E-state index < -0.39 is 11.9 Å². The number of rotatable bonds is 16. The van der Waals surface area contributed by atoms with Gasteiger partial charge < -0.3 is 29.1 Å². The molecule has 1 N–H and O–H groups in total. The minimum atomic E-state index is -0.892. The number of carbonyl (C=O) groups is 2. The maximum Gasteiger partial charge on any atom is 0.308 e. The van der Waals surface area contributed by atoms with Crippen molar-refractivity contribution < 1.29 is 28.9 Å². The topological polar surface area (TPSA) is 118 Å². The maximum absolute atomic E-state index is 13.8. The zero-order chi connectivity index (χ0) is 30.1. The number of amides is 1. The molecule has 1 saturated heterocycles. The summed E-state index contributed by atoms with van der Waals surface area (Å²) in [7, 11) is 5.67. The first-order valence-corrected chi connectivity index (χ1v) is 14.9. The van der Waals surface area contributed by atoms with E-state index in [1.807, 2.05) is 17.0 Å². The molecule has 230 valence electrons. The van der Waals surface area contributed by atoms with Crippen molar-refractivity contribution in [2.75, 3.05) is 60.7 Å². The van der Waals surface area contributed by atoms with Gasteiger partial charge in [-0.1, -0.05) is 13.3 Å². The van der Waals surface area contributed by atoms with E-state index in [1.54, 1.807) is 25.6 Å². The largest absolute Gasteiger partial charge is 0.493 e. The highest BCUT2D eigenvalue weighted by Gasteiger charge is 2.47. The van der Waals surface area contributed by atoms with Gasteiger partial charge >= 0.3 is 5.97 Å². The number of aryl methyl sites for hydroxylation is 1. The van der Waals surface area contributed by atoms with Crippen LogP contribution in [0.4, 0.5) is 0 Å². The fourth-order valence-electron chi connectivity index (χ4n) is 6.00. The van der Waals surface area contributed by atoms with Gasteiger partial charge in [0, 0.05) is 50.4 Å². The molecule has 1 amide bonds. The Hall–Kier alpha value is -3.44. The predicted octanol–water partition coefficient (Wildman–Crippen LogP) is 3.29. The number of nitrogens with zero attached hydrogens (tertiary/aromatic N) is 5. The molecular weight excluding hydrogens is 538 g/mol. The summed E-state index contributed by atoms with van der Waals surface area (Å²) in [6, 6.07) is 5.08. The van der Waals surface area contributed by atoms with Crippen LogP contribution in [0.1, 0.15) is 56.3 Å². The van der Waals surface area contributed by atoms with Gasteiger partial charge in [-0.2, -0.15) is 0 Å². The predicted molar refractivity (Wildman–Crippen MR) is 158 cm³/mol. The van der Waals surface area contributed by atoms with Crippen LogP contribution < -0.4 is 14.2 Å². The van der Waals surface area contributed by atoms with Crippen molar-refractivity contribution in [2.24, 2.45) is 5.92 Å². The Kier molecular flexibility index (Phi) is 11.4. The Morgan fingerprint density at radius 3 is 2.52 bits per heavy atom. The lowest BCUT2D eigenvalue weighted by atomic mass is 9.83. The molecule has 4 rings (SSSR count). The second kappa shape index (κ2) is 15.2. The Morgan fingerprint density at radius 2 is 1.83 bits per heavy atom. The molecule has 1 aromatic carbocycles. The van der Waals surface area contributed by atoms with Crippen molar-refractivity contribution >= 4 is 11.9 Å². The molecule has 1 aromatic heterocycles. The van der Waals surface area contributed by atoms with Crippen LogP contribution in [0.3, 0.4) is 0 Å². The minimum Gasteiger partial charge on any atom is -0.493 e. The molecule has 3 atom stereocenters. The van der Waals surface area contributed by atoms with Crippen LogP contribution in [-0.4, -0.2) is 108 Å². The monoisotopic (exact) mass is 583 g/mol. The van der Waals surface area contributed by atoms with Crippen LogP contribution in [0.15, 0.2) is 30.6 Å². The van der Waals surface area contributed by atoms with Crippen LogP contribution in [0.25, 0.3) is 0 Å². The molecule has 2 aromatic rings. The summed E-state index contributed by atoms with van der Waals surface area (Å²) in [5.74, 6) is 0.278. The van der Waals surface area contributed by atoms with Gasteiger partial charge in [-0.25, -0.2) is 9.97 Å². The number of hydrogen-bond acceptors (Lipinski definition) is 9. The minimum absolute atomic E-state index is 0.0438. The van der Waals surface area contributed by atoms with Gasteiger partial charge in [0.1, 0.15) is 5.82 Å². The number of fused-ring (bicyclic) bond motifs is 1.